The summed E-state index contributed by atoms with van der Waals surface area (Å²) in [5.41, 5.74) is 1.13. The van der Waals surface area contributed by atoms with E-state index in [1.165, 1.54) is 12.1 Å². The van der Waals surface area contributed by atoms with Crippen molar-refractivity contribution in [2.24, 2.45) is 4.99 Å². The van der Waals surface area contributed by atoms with Crippen molar-refractivity contribution in [1.82, 2.24) is 10.6 Å². The molecule has 0 saturated heterocycles. The van der Waals surface area contributed by atoms with E-state index >= 15 is 0 Å². The van der Waals surface area contributed by atoms with E-state index in [4.69, 9.17) is 14.2 Å². The SMILES string of the molecule is CN=C(NCCc1ccc(OC)c(OC)c1)NCC(C)Oc1ccc(F)cc1. The Morgan fingerprint density at radius 2 is 1.75 bits per heavy atom. The van der Waals surface area contributed by atoms with Crippen molar-refractivity contribution in [3.8, 4) is 17.2 Å². The topological polar surface area (TPSA) is 64.1 Å². The lowest BCUT2D eigenvalue weighted by Crippen LogP contribution is -2.42. The molecule has 0 saturated carbocycles. The minimum atomic E-state index is -0.280. The molecule has 0 heterocycles. The Kier molecular flexibility index (Phi) is 8.39. The lowest BCUT2D eigenvalue weighted by atomic mass is 10.1. The second-order valence-corrected chi connectivity index (χ2v) is 6.20. The summed E-state index contributed by atoms with van der Waals surface area (Å²) in [5.74, 6) is 2.47. The van der Waals surface area contributed by atoms with Gasteiger partial charge in [0.25, 0.3) is 0 Å². The van der Waals surface area contributed by atoms with E-state index in [2.05, 4.69) is 15.6 Å². The number of halogens is 1. The van der Waals surface area contributed by atoms with Gasteiger partial charge in [-0.25, -0.2) is 4.39 Å². The van der Waals surface area contributed by atoms with Crippen molar-refractivity contribution in [3.05, 3.63) is 53.8 Å². The molecule has 0 bridgehead atoms. The van der Waals surface area contributed by atoms with Crippen molar-refractivity contribution in [2.75, 3.05) is 34.4 Å². The Hall–Kier alpha value is -2.96. The van der Waals surface area contributed by atoms with Gasteiger partial charge in [0.1, 0.15) is 17.7 Å². The van der Waals surface area contributed by atoms with Crippen LogP contribution in [0.15, 0.2) is 47.5 Å². The molecule has 1 atom stereocenters. The van der Waals surface area contributed by atoms with Crippen molar-refractivity contribution in [1.29, 1.82) is 0 Å². The maximum atomic E-state index is 12.9. The number of nitrogens with one attached hydrogen (secondary N) is 2. The van der Waals surface area contributed by atoms with Crippen LogP contribution in [0.1, 0.15) is 12.5 Å². The van der Waals surface area contributed by atoms with Crippen LogP contribution in [-0.2, 0) is 6.42 Å². The number of benzene rings is 2. The molecule has 152 valence electrons. The molecule has 0 aliphatic rings. The first-order valence-electron chi connectivity index (χ1n) is 9.13. The van der Waals surface area contributed by atoms with E-state index in [0.717, 1.165) is 12.0 Å². The smallest absolute Gasteiger partial charge is 0.191 e. The van der Waals surface area contributed by atoms with Crippen LogP contribution in [0.4, 0.5) is 4.39 Å². The molecule has 0 spiro atoms. The predicted octanol–water partition coefficient (Wildman–Crippen LogP) is 3.02. The fourth-order valence-electron chi connectivity index (χ4n) is 2.61. The Morgan fingerprint density at radius 3 is 2.39 bits per heavy atom. The molecule has 0 fully saturated rings. The highest BCUT2D eigenvalue weighted by Gasteiger charge is 2.07. The minimum absolute atomic E-state index is 0.102. The van der Waals surface area contributed by atoms with Gasteiger partial charge in [-0.05, 0) is 55.3 Å². The summed E-state index contributed by atoms with van der Waals surface area (Å²) >= 11 is 0. The second-order valence-electron chi connectivity index (χ2n) is 6.20. The first-order chi connectivity index (χ1) is 13.5. The van der Waals surface area contributed by atoms with Crippen LogP contribution in [0.25, 0.3) is 0 Å². The summed E-state index contributed by atoms with van der Waals surface area (Å²) in [7, 11) is 4.97. The minimum Gasteiger partial charge on any atom is -0.493 e. The quantitative estimate of drug-likeness (QED) is 0.510. The molecule has 0 aliphatic carbocycles. The summed E-state index contributed by atoms with van der Waals surface area (Å²) in [6, 6.07) is 11.9. The highest BCUT2D eigenvalue weighted by atomic mass is 19.1. The Morgan fingerprint density at radius 1 is 1.04 bits per heavy atom. The standard InChI is InChI=1S/C21H28FN3O3/c1-15(28-18-8-6-17(22)7-9-18)14-25-21(23-2)24-12-11-16-5-10-19(26-3)20(13-16)27-4/h5-10,13,15H,11-12,14H2,1-4H3,(H2,23,24,25). The van der Waals surface area contributed by atoms with Gasteiger partial charge in [0.15, 0.2) is 17.5 Å². The van der Waals surface area contributed by atoms with Crippen molar-refractivity contribution in [3.63, 3.8) is 0 Å². The van der Waals surface area contributed by atoms with Crippen LogP contribution < -0.4 is 24.8 Å². The van der Waals surface area contributed by atoms with E-state index in [9.17, 15) is 4.39 Å². The van der Waals surface area contributed by atoms with E-state index in [1.54, 1.807) is 33.4 Å². The monoisotopic (exact) mass is 389 g/mol. The first kappa shape index (κ1) is 21.3. The number of nitrogens with zero attached hydrogens (tertiary/aromatic N) is 1. The molecule has 1 unspecified atom stereocenters. The second kappa shape index (κ2) is 11.0. The third kappa shape index (κ3) is 6.64. The zero-order valence-electron chi connectivity index (χ0n) is 16.8. The average molecular weight is 389 g/mol. The summed E-state index contributed by atoms with van der Waals surface area (Å²) in [5, 5.41) is 6.50. The molecule has 0 aromatic heterocycles. The van der Waals surface area contributed by atoms with Crippen molar-refractivity contribution < 1.29 is 18.6 Å². The highest BCUT2D eigenvalue weighted by Crippen LogP contribution is 2.27. The normalized spacial score (nSPS) is 12.2. The number of hydrogen-bond acceptors (Lipinski definition) is 4. The van der Waals surface area contributed by atoms with Crippen LogP contribution in [0.5, 0.6) is 17.2 Å². The maximum Gasteiger partial charge on any atom is 0.191 e. The summed E-state index contributed by atoms with van der Waals surface area (Å²) in [6.45, 7) is 3.21. The van der Waals surface area contributed by atoms with Gasteiger partial charge in [0.2, 0.25) is 0 Å². The van der Waals surface area contributed by atoms with E-state index in [0.29, 0.717) is 36.3 Å². The molecule has 6 nitrogen and oxygen atoms in total. The molecular formula is C21H28FN3O3. The molecule has 2 N–H and O–H groups in total. The largest absolute Gasteiger partial charge is 0.493 e. The predicted molar refractivity (Wildman–Crippen MR) is 109 cm³/mol. The number of ether oxygens (including phenoxy) is 3. The van der Waals surface area contributed by atoms with E-state index in [1.807, 2.05) is 25.1 Å². The number of methoxy groups -OCH3 is 2. The number of guanidine groups is 1. The van der Waals surface area contributed by atoms with Gasteiger partial charge < -0.3 is 24.8 Å². The Labute approximate surface area is 165 Å². The number of rotatable bonds is 9. The van der Waals surface area contributed by atoms with Crippen molar-refractivity contribution >= 4 is 5.96 Å². The van der Waals surface area contributed by atoms with E-state index in [-0.39, 0.29) is 11.9 Å². The molecular weight excluding hydrogens is 361 g/mol. The fraction of sp³-hybridized carbons (Fsp3) is 0.381. The van der Waals surface area contributed by atoms with Gasteiger partial charge in [0, 0.05) is 13.6 Å². The van der Waals surface area contributed by atoms with Gasteiger partial charge in [-0.3, -0.25) is 4.99 Å². The lowest BCUT2D eigenvalue weighted by molar-refractivity contribution is 0.223. The molecule has 0 aliphatic heterocycles. The lowest BCUT2D eigenvalue weighted by Gasteiger charge is -2.18. The summed E-state index contributed by atoms with van der Waals surface area (Å²) in [6.07, 6.45) is 0.706. The third-order valence-electron chi connectivity index (χ3n) is 4.09. The molecule has 0 radical (unpaired) electrons. The Bertz CT molecular complexity index is 766. The van der Waals surface area contributed by atoms with Gasteiger partial charge >= 0.3 is 0 Å². The van der Waals surface area contributed by atoms with Crippen LogP contribution in [0.2, 0.25) is 0 Å². The molecule has 28 heavy (non-hydrogen) atoms. The van der Waals surface area contributed by atoms with Gasteiger partial charge in [-0.1, -0.05) is 6.07 Å². The third-order valence-corrected chi connectivity index (χ3v) is 4.09. The zero-order valence-corrected chi connectivity index (χ0v) is 16.8. The molecule has 0 amide bonds. The van der Waals surface area contributed by atoms with Crippen LogP contribution in [0, 0.1) is 5.82 Å². The van der Waals surface area contributed by atoms with Crippen LogP contribution in [0.3, 0.4) is 0 Å². The first-order valence-corrected chi connectivity index (χ1v) is 9.13. The van der Waals surface area contributed by atoms with Gasteiger partial charge in [0.05, 0.1) is 20.8 Å². The molecule has 2 rings (SSSR count). The summed E-state index contributed by atoms with van der Waals surface area (Å²) in [4.78, 5) is 4.22. The maximum absolute atomic E-state index is 12.9. The number of aliphatic imine (C=N–C) groups is 1. The van der Waals surface area contributed by atoms with E-state index < -0.39 is 0 Å². The zero-order chi connectivity index (χ0) is 20.4. The Balaban J connectivity index is 1.76. The van der Waals surface area contributed by atoms with Gasteiger partial charge in [-0.15, -0.1) is 0 Å². The molecule has 2 aromatic carbocycles. The molecule has 7 heteroatoms. The highest BCUT2D eigenvalue weighted by molar-refractivity contribution is 5.79. The van der Waals surface area contributed by atoms with Gasteiger partial charge in [-0.2, -0.15) is 0 Å². The van der Waals surface area contributed by atoms with Crippen LogP contribution in [-0.4, -0.2) is 46.4 Å². The molecule has 2 aromatic rings. The number of hydrogen-bond donors (Lipinski definition) is 2. The van der Waals surface area contributed by atoms with Crippen molar-refractivity contribution in [2.45, 2.75) is 19.4 Å². The average Bonchev–Trinajstić information content (AvgIpc) is 2.72. The fourth-order valence-corrected chi connectivity index (χ4v) is 2.61. The van der Waals surface area contributed by atoms with Crippen LogP contribution >= 0.6 is 0 Å². The summed E-state index contributed by atoms with van der Waals surface area (Å²) < 4.78 is 29.3.